The van der Waals surface area contributed by atoms with E-state index >= 15 is 0 Å². The minimum absolute atomic E-state index is 0.00555. The van der Waals surface area contributed by atoms with E-state index in [9.17, 15) is 19.8 Å². The average Bonchev–Trinajstić information content (AvgIpc) is 3.50. The summed E-state index contributed by atoms with van der Waals surface area (Å²) >= 11 is 0. The van der Waals surface area contributed by atoms with Crippen molar-refractivity contribution in [3.8, 4) is 0 Å². The highest BCUT2D eigenvalue weighted by Crippen LogP contribution is 2.70. The number of allylic oxidation sites excluding steroid dienone is 4. The van der Waals surface area contributed by atoms with Gasteiger partial charge in [-0.2, -0.15) is 0 Å². The molecule has 43 heavy (non-hydrogen) atoms. The smallest absolute Gasteiger partial charge is 0.193 e. The average molecular weight is 584 g/mol. The molecular weight excluding hydrogens is 542 g/mol. The van der Waals surface area contributed by atoms with Gasteiger partial charge in [-0.25, -0.2) is 0 Å². The Labute approximate surface area is 252 Å². The van der Waals surface area contributed by atoms with Gasteiger partial charge in [-0.05, 0) is 72.8 Å². The highest BCUT2D eigenvalue weighted by molar-refractivity contribution is 6.01. The van der Waals surface area contributed by atoms with Gasteiger partial charge in [-0.3, -0.25) is 9.59 Å². The Morgan fingerprint density at radius 3 is 2.40 bits per heavy atom. The van der Waals surface area contributed by atoms with Crippen LogP contribution in [0.4, 0.5) is 0 Å². The SMILES string of the molecule is C[C@]12C=CC(=O)C=C1CC[C@@H]1[C@@H]2[C@@H](O)C[C@@]2(C)[C@H]1C[C@H]1O[C@@H](c3ccc(Cc4ccc(CN)cc4)cc3)O[C@]12C(=O)CO. The summed E-state index contributed by atoms with van der Waals surface area (Å²) in [5.74, 6) is -0.235. The van der Waals surface area contributed by atoms with Crippen LogP contribution in [0.3, 0.4) is 0 Å². The number of rotatable bonds is 6. The standard InChI is InChI=1S/C36H41NO6/c1-34-14-13-26(39)16-25(34)11-12-27-28-17-31-36(30(41)20-38,35(28,2)18-29(40)32(27)34)43-33(42-31)24-9-7-22(8-10-24)15-21-3-5-23(19-37)6-4-21/h3-10,13-14,16,27-29,31-33,38,40H,11-12,15,17-20,37H2,1-2H3/t27-,28-,29-,31+,32+,33+,34-,35-,36+/m0/s1. The molecule has 7 rings (SSSR count). The van der Waals surface area contributed by atoms with Crippen molar-refractivity contribution in [2.75, 3.05) is 6.61 Å². The highest BCUT2D eigenvalue weighted by atomic mass is 16.7. The number of carbonyl (C=O) groups excluding carboxylic acids is 2. The van der Waals surface area contributed by atoms with Crippen molar-refractivity contribution in [2.24, 2.45) is 34.3 Å². The van der Waals surface area contributed by atoms with Crippen molar-refractivity contribution in [2.45, 2.75) is 76.6 Å². The molecule has 226 valence electrons. The van der Waals surface area contributed by atoms with Crippen LogP contribution >= 0.6 is 0 Å². The van der Waals surface area contributed by atoms with Crippen LogP contribution in [0, 0.1) is 28.6 Å². The second-order valence-electron chi connectivity index (χ2n) is 13.8. The van der Waals surface area contributed by atoms with Crippen LogP contribution in [0.5, 0.6) is 0 Å². The summed E-state index contributed by atoms with van der Waals surface area (Å²) in [5.41, 5.74) is 8.63. The number of hydrogen-bond donors (Lipinski definition) is 3. The lowest BCUT2D eigenvalue weighted by molar-refractivity contribution is -0.201. The molecule has 1 aliphatic heterocycles. The van der Waals surface area contributed by atoms with E-state index in [0.29, 0.717) is 19.4 Å². The molecule has 7 nitrogen and oxygen atoms in total. The van der Waals surface area contributed by atoms with Gasteiger partial charge in [0.05, 0.1) is 12.2 Å². The second-order valence-corrected chi connectivity index (χ2v) is 13.8. The van der Waals surface area contributed by atoms with Crippen LogP contribution in [0.15, 0.2) is 72.3 Å². The van der Waals surface area contributed by atoms with E-state index in [1.165, 1.54) is 5.56 Å². The fourth-order valence-corrected chi connectivity index (χ4v) is 9.66. The molecule has 0 amide bonds. The lowest BCUT2D eigenvalue weighted by Gasteiger charge is -2.59. The van der Waals surface area contributed by atoms with Crippen LogP contribution in [-0.4, -0.2) is 46.2 Å². The first-order chi connectivity index (χ1) is 20.6. The van der Waals surface area contributed by atoms with Crippen molar-refractivity contribution >= 4 is 11.6 Å². The van der Waals surface area contributed by atoms with Gasteiger partial charge in [0.25, 0.3) is 0 Å². The fourth-order valence-electron chi connectivity index (χ4n) is 9.66. The van der Waals surface area contributed by atoms with E-state index in [0.717, 1.165) is 41.5 Å². The number of fused-ring (bicyclic) bond motifs is 7. The topological polar surface area (TPSA) is 119 Å². The molecule has 3 saturated carbocycles. The summed E-state index contributed by atoms with van der Waals surface area (Å²) in [6, 6.07) is 16.4. The molecule has 0 radical (unpaired) electrons. The Kier molecular flexibility index (Phi) is 6.91. The van der Waals surface area contributed by atoms with E-state index in [4.69, 9.17) is 15.2 Å². The fraction of sp³-hybridized carbons (Fsp3) is 0.500. The quantitative estimate of drug-likeness (QED) is 0.463. The third kappa shape index (κ3) is 4.20. The largest absolute Gasteiger partial charge is 0.393 e. The molecular formula is C36H41NO6. The number of ether oxygens (including phenoxy) is 2. The molecule has 2 aromatic rings. The maximum Gasteiger partial charge on any atom is 0.193 e. The van der Waals surface area contributed by atoms with Crippen molar-refractivity contribution in [3.63, 3.8) is 0 Å². The summed E-state index contributed by atoms with van der Waals surface area (Å²) in [4.78, 5) is 25.9. The van der Waals surface area contributed by atoms with Gasteiger partial charge in [-0.15, -0.1) is 0 Å². The highest BCUT2D eigenvalue weighted by Gasteiger charge is 2.75. The van der Waals surface area contributed by atoms with Crippen molar-refractivity contribution in [1.29, 1.82) is 0 Å². The van der Waals surface area contributed by atoms with E-state index < -0.39 is 41.5 Å². The number of hydrogen-bond acceptors (Lipinski definition) is 7. The zero-order valence-corrected chi connectivity index (χ0v) is 24.9. The molecule has 9 atom stereocenters. The van der Waals surface area contributed by atoms with Gasteiger partial charge in [0.2, 0.25) is 0 Å². The molecule has 2 aromatic carbocycles. The number of carbonyl (C=O) groups is 2. The first-order valence-corrected chi connectivity index (χ1v) is 15.6. The number of ketones is 2. The first-order valence-electron chi connectivity index (χ1n) is 15.6. The van der Waals surface area contributed by atoms with E-state index in [2.05, 4.69) is 50.2 Å². The Morgan fingerprint density at radius 1 is 1.05 bits per heavy atom. The summed E-state index contributed by atoms with van der Waals surface area (Å²) in [6.45, 7) is 4.07. The Morgan fingerprint density at radius 2 is 1.72 bits per heavy atom. The normalized spacial score (nSPS) is 39.5. The maximum atomic E-state index is 13.7. The summed E-state index contributed by atoms with van der Waals surface area (Å²) in [6.07, 6.45) is 6.80. The van der Waals surface area contributed by atoms with Gasteiger partial charge in [0.15, 0.2) is 23.5 Å². The van der Waals surface area contributed by atoms with Gasteiger partial charge >= 0.3 is 0 Å². The summed E-state index contributed by atoms with van der Waals surface area (Å²) in [7, 11) is 0. The zero-order valence-electron chi connectivity index (χ0n) is 24.9. The molecule has 4 N–H and O–H groups in total. The van der Waals surface area contributed by atoms with Crippen LogP contribution in [0.25, 0.3) is 0 Å². The van der Waals surface area contributed by atoms with Crippen LogP contribution in [-0.2, 0) is 32.0 Å². The lowest BCUT2D eigenvalue weighted by Crippen LogP contribution is -2.63. The van der Waals surface area contributed by atoms with Crippen LogP contribution in [0.1, 0.15) is 68.1 Å². The van der Waals surface area contributed by atoms with Crippen molar-refractivity contribution < 1.29 is 29.3 Å². The number of nitrogens with two attached hydrogens (primary N) is 1. The molecule has 0 unspecified atom stereocenters. The van der Waals surface area contributed by atoms with E-state index in [1.807, 2.05) is 18.2 Å². The van der Waals surface area contributed by atoms with E-state index in [1.54, 1.807) is 12.2 Å². The van der Waals surface area contributed by atoms with Crippen LogP contribution < -0.4 is 5.73 Å². The Hall–Kier alpha value is -2.94. The van der Waals surface area contributed by atoms with Gasteiger partial charge < -0.3 is 25.4 Å². The van der Waals surface area contributed by atoms with Gasteiger partial charge in [0.1, 0.15) is 6.61 Å². The van der Waals surface area contributed by atoms with Gasteiger partial charge in [-0.1, -0.05) is 74.0 Å². The predicted molar refractivity (Wildman–Crippen MR) is 160 cm³/mol. The van der Waals surface area contributed by atoms with E-state index in [-0.39, 0.29) is 29.3 Å². The summed E-state index contributed by atoms with van der Waals surface area (Å²) < 4.78 is 13.3. The minimum Gasteiger partial charge on any atom is -0.393 e. The number of aliphatic hydroxyl groups excluding tert-OH is 2. The third-order valence-corrected chi connectivity index (χ3v) is 11.7. The first kappa shape index (κ1) is 28.8. The Bertz CT molecular complexity index is 1500. The molecule has 4 fully saturated rings. The molecule has 1 heterocycles. The monoisotopic (exact) mass is 583 g/mol. The second kappa shape index (κ2) is 10.3. The maximum absolute atomic E-state index is 13.7. The van der Waals surface area contributed by atoms with Crippen molar-refractivity contribution in [1.82, 2.24) is 0 Å². The lowest BCUT2D eigenvalue weighted by atomic mass is 9.46. The number of aliphatic hydroxyl groups is 2. The number of benzene rings is 2. The molecule has 0 bridgehead atoms. The minimum atomic E-state index is -1.35. The van der Waals surface area contributed by atoms with Crippen LogP contribution in [0.2, 0.25) is 0 Å². The molecule has 7 heteroatoms. The predicted octanol–water partition coefficient (Wildman–Crippen LogP) is 4.34. The molecule has 4 aliphatic carbocycles. The zero-order chi connectivity index (χ0) is 30.1. The van der Waals surface area contributed by atoms with Gasteiger partial charge in [0, 0.05) is 28.9 Å². The van der Waals surface area contributed by atoms with Crippen molar-refractivity contribution in [3.05, 3.63) is 94.6 Å². The third-order valence-electron chi connectivity index (χ3n) is 11.7. The molecule has 0 aromatic heterocycles. The molecule has 1 saturated heterocycles. The molecule has 0 spiro atoms. The summed E-state index contributed by atoms with van der Waals surface area (Å²) in [5, 5.41) is 22.0. The molecule has 5 aliphatic rings. The number of Topliss-reactive ketones (excluding diaryl/α,β-unsaturated/α-hetero) is 1. The Balaban J connectivity index is 1.16.